The molecule has 1 heterocycles. The minimum Gasteiger partial charge on any atom is -0.496 e. The van der Waals surface area contributed by atoms with Crippen LogP contribution in [-0.4, -0.2) is 25.1 Å². The van der Waals surface area contributed by atoms with E-state index < -0.39 is 0 Å². The Morgan fingerprint density at radius 2 is 1.62 bits per heavy atom. The minimum absolute atomic E-state index is 0.722. The fourth-order valence-electron chi connectivity index (χ4n) is 3.22. The number of nitrogens with zero attached hydrogens (tertiary/aromatic N) is 1. The summed E-state index contributed by atoms with van der Waals surface area (Å²) >= 11 is 0. The Bertz CT molecular complexity index is 559. The van der Waals surface area contributed by atoms with Crippen LogP contribution in [0.4, 0.5) is 0 Å². The SMILES string of the molecule is COc1ccccc1CN1CCC(c2ccccc2)CC1. The standard InChI is InChI=1S/C19H23NO/c1-21-19-10-6-5-9-18(19)15-20-13-11-17(12-14-20)16-7-3-2-4-8-16/h2-10,17H,11-15H2,1H3. The average molecular weight is 281 g/mol. The van der Waals surface area contributed by atoms with Gasteiger partial charge in [-0.1, -0.05) is 48.5 Å². The van der Waals surface area contributed by atoms with Gasteiger partial charge in [0.25, 0.3) is 0 Å². The van der Waals surface area contributed by atoms with Gasteiger partial charge in [-0.3, -0.25) is 4.90 Å². The number of likely N-dealkylation sites (tertiary alicyclic amines) is 1. The summed E-state index contributed by atoms with van der Waals surface area (Å²) in [7, 11) is 1.75. The van der Waals surface area contributed by atoms with Gasteiger partial charge < -0.3 is 4.74 Å². The van der Waals surface area contributed by atoms with Crippen molar-refractivity contribution in [1.29, 1.82) is 0 Å². The highest BCUT2D eigenvalue weighted by Crippen LogP contribution is 2.29. The monoisotopic (exact) mass is 281 g/mol. The number of rotatable bonds is 4. The van der Waals surface area contributed by atoms with Gasteiger partial charge in [0.2, 0.25) is 0 Å². The van der Waals surface area contributed by atoms with Crippen LogP contribution in [0, 0.1) is 0 Å². The molecule has 2 aromatic carbocycles. The van der Waals surface area contributed by atoms with E-state index in [-0.39, 0.29) is 0 Å². The van der Waals surface area contributed by atoms with Crippen LogP contribution in [0.5, 0.6) is 5.75 Å². The number of methoxy groups -OCH3 is 1. The largest absolute Gasteiger partial charge is 0.496 e. The molecule has 0 amide bonds. The van der Waals surface area contributed by atoms with Crippen molar-refractivity contribution in [2.24, 2.45) is 0 Å². The highest BCUT2D eigenvalue weighted by atomic mass is 16.5. The zero-order valence-corrected chi connectivity index (χ0v) is 12.7. The van der Waals surface area contributed by atoms with Crippen LogP contribution in [0.2, 0.25) is 0 Å². The lowest BCUT2D eigenvalue weighted by molar-refractivity contribution is 0.202. The third kappa shape index (κ3) is 3.45. The van der Waals surface area contributed by atoms with Crippen molar-refractivity contribution in [3.63, 3.8) is 0 Å². The summed E-state index contributed by atoms with van der Waals surface area (Å²) in [6.07, 6.45) is 2.50. The Kier molecular flexibility index (Phi) is 4.56. The molecule has 110 valence electrons. The molecular weight excluding hydrogens is 258 g/mol. The summed E-state index contributed by atoms with van der Waals surface area (Å²) in [6.45, 7) is 3.32. The van der Waals surface area contributed by atoms with E-state index >= 15 is 0 Å². The van der Waals surface area contributed by atoms with E-state index in [0.717, 1.165) is 31.3 Å². The van der Waals surface area contributed by atoms with E-state index in [2.05, 4.69) is 47.4 Å². The minimum atomic E-state index is 0.722. The molecule has 1 aliphatic rings. The zero-order chi connectivity index (χ0) is 14.5. The summed E-state index contributed by atoms with van der Waals surface area (Å²) in [5, 5.41) is 0. The molecule has 2 aromatic rings. The van der Waals surface area contributed by atoms with E-state index in [1.807, 2.05) is 12.1 Å². The fourth-order valence-corrected chi connectivity index (χ4v) is 3.22. The second-order valence-corrected chi connectivity index (χ2v) is 5.77. The van der Waals surface area contributed by atoms with Crippen molar-refractivity contribution >= 4 is 0 Å². The summed E-state index contributed by atoms with van der Waals surface area (Å²) in [4.78, 5) is 2.54. The van der Waals surface area contributed by atoms with E-state index in [9.17, 15) is 0 Å². The van der Waals surface area contributed by atoms with Gasteiger partial charge in [-0.25, -0.2) is 0 Å². The van der Waals surface area contributed by atoms with Crippen LogP contribution >= 0.6 is 0 Å². The summed E-state index contributed by atoms with van der Waals surface area (Å²) < 4.78 is 5.45. The van der Waals surface area contributed by atoms with Gasteiger partial charge in [-0.2, -0.15) is 0 Å². The normalized spacial score (nSPS) is 16.8. The van der Waals surface area contributed by atoms with Gasteiger partial charge in [0.15, 0.2) is 0 Å². The van der Waals surface area contributed by atoms with Crippen LogP contribution in [0.15, 0.2) is 54.6 Å². The molecule has 0 aliphatic carbocycles. The van der Waals surface area contributed by atoms with E-state index in [1.54, 1.807) is 7.11 Å². The number of piperidine rings is 1. The first-order valence-corrected chi connectivity index (χ1v) is 7.76. The molecule has 0 unspecified atom stereocenters. The Labute approximate surface area is 127 Å². The molecule has 0 atom stereocenters. The zero-order valence-electron chi connectivity index (χ0n) is 12.7. The average Bonchev–Trinajstić information content (AvgIpc) is 2.57. The first kappa shape index (κ1) is 14.2. The molecule has 1 fully saturated rings. The Morgan fingerprint density at radius 3 is 2.33 bits per heavy atom. The molecule has 0 bridgehead atoms. The predicted octanol–water partition coefficient (Wildman–Crippen LogP) is 4.07. The molecule has 1 saturated heterocycles. The molecular formula is C19H23NO. The predicted molar refractivity (Wildman–Crippen MR) is 86.7 cm³/mol. The number of para-hydroxylation sites is 1. The lowest BCUT2D eigenvalue weighted by Crippen LogP contribution is -2.32. The van der Waals surface area contributed by atoms with E-state index in [0.29, 0.717) is 0 Å². The van der Waals surface area contributed by atoms with Gasteiger partial charge in [-0.05, 0) is 43.5 Å². The number of ether oxygens (including phenoxy) is 1. The Balaban J connectivity index is 1.59. The molecule has 0 saturated carbocycles. The molecule has 1 aliphatic heterocycles. The third-order valence-electron chi connectivity index (χ3n) is 4.45. The van der Waals surface area contributed by atoms with Crippen LogP contribution in [-0.2, 0) is 6.54 Å². The Morgan fingerprint density at radius 1 is 0.952 bits per heavy atom. The van der Waals surface area contributed by atoms with Crippen LogP contribution in [0.25, 0.3) is 0 Å². The smallest absolute Gasteiger partial charge is 0.123 e. The maximum atomic E-state index is 5.45. The second-order valence-electron chi connectivity index (χ2n) is 5.77. The highest BCUT2D eigenvalue weighted by molar-refractivity contribution is 5.33. The van der Waals surface area contributed by atoms with Gasteiger partial charge in [0.05, 0.1) is 7.11 Å². The highest BCUT2D eigenvalue weighted by Gasteiger charge is 2.21. The van der Waals surface area contributed by atoms with Gasteiger partial charge >= 0.3 is 0 Å². The second kappa shape index (κ2) is 6.77. The van der Waals surface area contributed by atoms with Crippen LogP contribution in [0.1, 0.15) is 29.9 Å². The molecule has 21 heavy (non-hydrogen) atoms. The number of hydrogen-bond donors (Lipinski definition) is 0. The Hall–Kier alpha value is -1.80. The maximum absolute atomic E-state index is 5.45. The summed E-state index contributed by atoms with van der Waals surface area (Å²) in [5.74, 6) is 1.72. The van der Waals surface area contributed by atoms with Crippen LogP contribution in [0.3, 0.4) is 0 Å². The van der Waals surface area contributed by atoms with Crippen molar-refractivity contribution in [3.8, 4) is 5.75 Å². The summed E-state index contributed by atoms with van der Waals surface area (Å²) in [6, 6.07) is 19.3. The molecule has 0 N–H and O–H groups in total. The molecule has 2 nitrogen and oxygen atoms in total. The molecule has 2 heteroatoms. The summed E-state index contributed by atoms with van der Waals surface area (Å²) in [5.41, 5.74) is 2.78. The van der Waals surface area contributed by atoms with Crippen molar-refractivity contribution in [1.82, 2.24) is 4.90 Å². The lowest BCUT2D eigenvalue weighted by atomic mass is 9.89. The van der Waals surface area contributed by atoms with Crippen molar-refractivity contribution < 1.29 is 4.74 Å². The molecule has 0 radical (unpaired) electrons. The number of hydrogen-bond acceptors (Lipinski definition) is 2. The molecule has 0 aromatic heterocycles. The topological polar surface area (TPSA) is 12.5 Å². The van der Waals surface area contributed by atoms with E-state index in [1.165, 1.54) is 24.0 Å². The van der Waals surface area contributed by atoms with Gasteiger partial charge in [-0.15, -0.1) is 0 Å². The van der Waals surface area contributed by atoms with Gasteiger partial charge in [0, 0.05) is 12.1 Å². The first-order valence-electron chi connectivity index (χ1n) is 7.76. The van der Waals surface area contributed by atoms with Crippen molar-refractivity contribution in [3.05, 3.63) is 65.7 Å². The number of benzene rings is 2. The lowest BCUT2D eigenvalue weighted by Gasteiger charge is -2.32. The van der Waals surface area contributed by atoms with Crippen molar-refractivity contribution in [2.75, 3.05) is 20.2 Å². The maximum Gasteiger partial charge on any atom is 0.123 e. The first-order chi connectivity index (χ1) is 10.4. The van der Waals surface area contributed by atoms with E-state index in [4.69, 9.17) is 4.74 Å². The molecule has 3 rings (SSSR count). The van der Waals surface area contributed by atoms with Crippen LogP contribution < -0.4 is 4.74 Å². The molecule has 0 spiro atoms. The third-order valence-corrected chi connectivity index (χ3v) is 4.45. The van der Waals surface area contributed by atoms with Gasteiger partial charge in [0.1, 0.15) is 5.75 Å². The van der Waals surface area contributed by atoms with Crippen molar-refractivity contribution in [2.45, 2.75) is 25.3 Å². The fraction of sp³-hybridized carbons (Fsp3) is 0.368. The quantitative estimate of drug-likeness (QED) is 0.837.